The fourth-order valence-corrected chi connectivity index (χ4v) is 2.42. The van der Waals surface area contributed by atoms with Crippen LogP contribution in [0, 0.1) is 0 Å². The van der Waals surface area contributed by atoms with Gasteiger partial charge in [0.05, 0.1) is 5.56 Å². The van der Waals surface area contributed by atoms with Crippen LogP contribution in [-0.4, -0.2) is 41.6 Å². The fourth-order valence-electron chi connectivity index (χ4n) is 2.42. The van der Waals surface area contributed by atoms with Crippen molar-refractivity contribution in [3.63, 3.8) is 0 Å². The minimum Gasteiger partial charge on any atom is -0.508 e. The van der Waals surface area contributed by atoms with Crippen molar-refractivity contribution in [3.8, 4) is 5.75 Å². The molecule has 1 fully saturated rings. The molecule has 19 heavy (non-hydrogen) atoms. The number of phenolic OH excluding ortho intramolecular Hbond substituents is 1. The number of piperidine rings is 1. The maximum absolute atomic E-state index is 12.2. The lowest BCUT2D eigenvalue weighted by molar-refractivity contribution is 0.0897. The first-order valence-electron chi connectivity index (χ1n) is 6.57. The Balaban J connectivity index is 2.03. The number of nitrogen functional groups attached to an aromatic ring is 1. The topological polar surface area (TPSA) is 78.6 Å². The quantitative estimate of drug-likeness (QED) is 0.553. The first-order chi connectivity index (χ1) is 8.97. The van der Waals surface area contributed by atoms with E-state index in [4.69, 9.17) is 5.73 Å². The van der Waals surface area contributed by atoms with Crippen molar-refractivity contribution >= 4 is 11.6 Å². The normalized spacial score (nSPS) is 24.1. The number of amides is 1. The number of hydrogen-bond acceptors (Lipinski definition) is 4. The Morgan fingerprint density at radius 3 is 2.95 bits per heavy atom. The summed E-state index contributed by atoms with van der Waals surface area (Å²) in [6.45, 7) is 3.13. The molecule has 2 unspecified atom stereocenters. The van der Waals surface area contributed by atoms with Crippen LogP contribution in [0.1, 0.15) is 30.1 Å². The van der Waals surface area contributed by atoms with Gasteiger partial charge in [0.2, 0.25) is 0 Å². The zero-order valence-corrected chi connectivity index (χ0v) is 11.4. The number of nitrogens with zero attached hydrogens (tertiary/aromatic N) is 1. The minimum atomic E-state index is -0.213. The number of phenols is 1. The molecule has 0 spiro atoms. The van der Waals surface area contributed by atoms with Gasteiger partial charge in [-0.2, -0.15) is 0 Å². The molecule has 0 aromatic heterocycles. The van der Waals surface area contributed by atoms with Crippen LogP contribution in [-0.2, 0) is 0 Å². The van der Waals surface area contributed by atoms with Crippen molar-refractivity contribution in [2.45, 2.75) is 31.8 Å². The van der Waals surface area contributed by atoms with Crippen LogP contribution >= 0.6 is 0 Å². The fraction of sp³-hybridized carbons (Fsp3) is 0.500. The lowest BCUT2D eigenvalue weighted by Gasteiger charge is -2.35. The van der Waals surface area contributed by atoms with Gasteiger partial charge in [-0.25, -0.2) is 0 Å². The molecule has 5 nitrogen and oxygen atoms in total. The number of rotatable bonds is 2. The van der Waals surface area contributed by atoms with Gasteiger partial charge in [0, 0.05) is 24.3 Å². The van der Waals surface area contributed by atoms with Gasteiger partial charge in [0.15, 0.2) is 0 Å². The maximum Gasteiger partial charge on any atom is 0.253 e. The zero-order valence-electron chi connectivity index (χ0n) is 11.4. The van der Waals surface area contributed by atoms with E-state index in [1.807, 2.05) is 0 Å². The molecule has 1 aliphatic heterocycles. The standard InChI is InChI=1S/C14H21N3O2/c1-9-7-10(5-6-17(9)2)16-14(19)12-8-11(18)3-4-13(12)15/h3-4,8-10,18H,5-7,15H2,1-2H3,(H,16,19). The van der Waals surface area contributed by atoms with E-state index in [-0.39, 0.29) is 17.7 Å². The van der Waals surface area contributed by atoms with Crippen molar-refractivity contribution in [2.24, 2.45) is 0 Å². The molecule has 0 aliphatic carbocycles. The van der Waals surface area contributed by atoms with E-state index >= 15 is 0 Å². The first kappa shape index (κ1) is 13.7. The number of carbonyl (C=O) groups excluding carboxylic acids is 1. The number of benzene rings is 1. The Kier molecular flexibility index (Phi) is 3.95. The van der Waals surface area contributed by atoms with Gasteiger partial charge >= 0.3 is 0 Å². The highest BCUT2D eigenvalue weighted by molar-refractivity contribution is 5.99. The van der Waals surface area contributed by atoms with Gasteiger partial charge in [-0.3, -0.25) is 4.79 Å². The van der Waals surface area contributed by atoms with Gasteiger partial charge in [0.1, 0.15) is 5.75 Å². The molecule has 4 N–H and O–H groups in total. The maximum atomic E-state index is 12.2. The molecule has 5 heteroatoms. The molecule has 1 aromatic rings. The highest BCUT2D eigenvalue weighted by Crippen LogP contribution is 2.20. The van der Waals surface area contributed by atoms with Crippen LogP contribution in [0.5, 0.6) is 5.75 Å². The van der Waals surface area contributed by atoms with Crippen LogP contribution in [0.4, 0.5) is 5.69 Å². The van der Waals surface area contributed by atoms with E-state index < -0.39 is 0 Å². The predicted octanol–water partition coefficient (Wildman–Crippen LogP) is 1.19. The summed E-state index contributed by atoms with van der Waals surface area (Å²) >= 11 is 0. The lowest BCUT2D eigenvalue weighted by atomic mass is 9.98. The summed E-state index contributed by atoms with van der Waals surface area (Å²) in [5, 5.41) is 12.4. The summed E-state index contributed by atoms with van der Waals surface area (Å²) in [5.41, 5.74) is 6.49. The second-order valence-corrected chi connectivity index (χ2v) is 5.30. The van der Waals surface area contributed by atoms with Crippen LogP contribution < -0.4 is 11.1 Å². The predicted molar refractivity (Wildman–Crippen MR) is 75.1 cm³/mol. The van der Waals surface area contributed by atoms with Crippen LogP contribution in [0.2, 0.25) is 0 Å². The summed E-state index contributed by atoms with van der Waals surface area (Å²) in [5.74, 6) is -0.161. The van der Waals surface area contributed by atoms with E-state index in [2.05, 4.69) is 24.2 Å². The summed E-state index contributed by atoms with van der Waals surface area (Å²) in [7, 11) is 2.09. The van der Waals surface area contributed by atoms with E-state index in [0.29, 0.717) is 17.3 Å². The molecule has 0 bridgehead atoms. The molecule has 104 valence electrons. The molecular formula is C14H21N3O2. The molecule has 2 rings (SSSR count). The number of nitrogens with two attached hydrogens (primary N) is 1. The largest absolute Gasteiger partial charge is 0.508 e. The van der Waals surface area contributed by atoms with Crippen LogP contribution in [0.3, 0.4) is 0 Å². The SMILES string of the molecule is CC1CC(NC(=O)c2cc(O)ccc2N)CCN1C. The number of carbonyl (C=O) groups is 1. The minimum absolute atomic E-state index is 0.0519. The Bertz CT molecular complexity index is 476. The average Bonchev–Trinajstić information content (AvgIpc) is 2.36. The molecule has 0 saturated carbocycles. The Hall–Kier alpha value is -1.75. The van der Waals surface area contributed by atoms with Gasteiger partial charge < -0.3 is 21.1 Å². The van der Waals surface area contributed by atoms with Crippen molar-refractivity contribution in [3.05, 3.63) is 23.8 Å². The molecule has 1 aliphatic rings. The van der Waals surface area contributed by atoms with Crippen molar-refractivity contribution in [1.29, 1.82) is 0 Å². The lowest BCUT2D eigenvalue weighted by Crippen LogP contribution is -2.47. The van der Waals surface area contributed by atoms with Crippen LogP contribution in [0.15, 0.2) is 18.2 Å². The Morgan fingerprint density at radius 2 is 2.26 bits per heavy atom. The number of nitrogens with one attached hydrogen (secondary N) is 1. The summed E-state index contributed by atoms with van der Waals surface area (Å²) < 4.78 is 0. The Morgan fingerprint density at radius 1 is 1.53 bits per heavy atom. The zero-order chi connectivity index (χ0) is 14.0. The summed E-state index contributed by atoms with van der Waals surface area (Å²) in [4.78, 5) is 14.4. The molecular weight excluding hydrogens is 242 g/mol. The van der Waals surface area contributed by atoms with Crippen molar-refractivity contribution < 1.29 is 9.90 Å². The van der Waals surface area contributed by atoms with Gasteiger partial charge in [-0.15, -0.1) is 0 Å². The van der Waals surface area contributed by atoms with Gasteiger partial charge in [-0.1, -0.05) is 0 Å². The van der Waals surface area contributed by atoms with Crippen LogP contribution in [0.25, 0.3) is 0 Å². The van der Waals surface area contributed by atoms with E-state index in [9.17, 15) is 9.90 Å². The second kappa shape index (κ2) is 5.48. The molecule has 0 radical (unpaired) electrons. The van der Waals surface area contributed by atoms with Gasteiger partial charge in [0.25, 0.3) is 5.91 Å². The number of hydrogen-bond donors (Lipinski definition) is 3. The molecule has 1 saturated heterocycles. The monoisotopic (exact) mass is 263 g/mol. The van der Waals surface area contributed by atoms with Crippen molar-refractivity contribution in [2.75, 3.05) is 19.3 Å². The molecule has 2 atom stereocenters. The molecule has 1 aromatic carbocycles. The first-order valence-corrected chi connectivity index (χ1v) is 6.57. The highest BCUT2D eigenvalue weighted by atomic mass is 16.3. The summed E-state index contributed by atoms with van der Waals surface area (Å²) in [6.07, 6.45) is 1.87. The third kappa shape index (κ3) is 3.17. The van der Waals surface area contributed by atoms with E-state index in [0.717, 1.165) is 19.4 Å². The van der Waals surface area contributed by atoms with Gasteiger partial charge in [-0.05, 0) is 45.0 Å². The van der Waals surface area contributed by atoms with Crippen molar-refractivity contribution in [1.82, 2.24) is 10.2 Å². The number of likely N-dealkylation sites (tertiary alicyclic amines) is 1. The third-order valence-electron chi connectivity index (χ3n) is 3.83. The highest BCUT2D eigenvalue weighted by Gasteiger charge is 2.24. The number of aromatic hydroxyl groups is 1. The number of anilines is 1. The Labute approximate surface area is 113 Å². The molecule has 1 heterocycles. The third-order valence-corrected chi connectivity index (χ3v) is 3.83. The smallest absolute Gasteiger partial charge is 0.253 e. The second-order valence-electron chi connectivity index (χ2n) is 5.30. The average molecular weight is 263 g/mol. The van der Waals surface area contributed by atoms with E-state index in [1.165, 1.54) is 12.1 Å². The van der Waals surface area contributed by atoms with E-state index in [1.54, 1.807) is 6.07 Å². The summed E-state index contributed by atoms with van der Waals surface area (Å²) in [6, 6.07) is 5.05. The molecule has 1 amide bonds.